The second-order valence-electron chi connectivity index (χ2n) is 10.2. The van der Waals surface area contributed by atoms with Gasteiger partial charge in [0, 0.05) is 17.2 Å². The standard InChI is InChI=1S/C34H28N2O7S/c1-5-42-33(40)28-19(3)35-34-36(30(28)29-24-10-7-6-9-20(24)13-15-26(29)41-4)31(37)27(44-34)17-21-14-16-25(43-21)22-11-8-12-23(18(22)2)32(38)39/h6-17,30H,5H2,1-4H3,(H,38,39)/b27-17-/t30-/m0/s1. The topological polar surface area (TPSA) is 120 Å². The van der Waals surface area contributed by atoms with Crippen molar-refractivity contribution in [3.63, 3.8) is 0 Å². The Bertz CT molecular complexity index is 2180. The zero-order valence-corrected chi connectivity index (χ0v) is 25.2. The molecule has 0 aliphatic carbocycles. The van der Waals surface area contributed by atoms with Crippen molar-refractivity contribution in [3.05, 3.63) is 120 Å². The number of carbonyl (C=O) groups excluding carboxylic acids is 1. The first kappa shape index (κ1) is 28.9. The molecule has 10 heteroatoms. The lowest BCUT2D eigenvalue weighted by atomic mass is 9.90. The fourth-order valence-electron chi connectivity index (χ4n) is 5.64. The third-order valence-electron chi connectivity index (χ3n) is 7.67. The number of aromatic nitrogens is 1. The molecule has 2 aromatic heterocycles. The lowest BCUT2D eigenvalue weighted by Crippen LogP contribution is -2.40. The van der Waals surface area contributed by atoms with E-state index in [0.29, 0.717) is 49.0 Å². The van der Waals surface area contributed by atoms with Gasteiger partial charge in [-0.3, -0.25) is 9.36 Å². The maximum absolute atomic E-state index is 14.2. The number of benzene rings is 3. The lowest BCUT2D eigenvalue weighted by molar-refractivity contribution is -0.139. The molecule has 0 bridgehead atoms. The first-order valence-corrected chi connectivity index (χ1v) is 14.7. The molecule has 3 aromatic carbocycles. The summed E-state index contributed by atoms with van der Waals surface area (Å²) in [5.74, 6) is -0.173. The highest BCUT2D eigenvalue weighted by Crippen LogP contribution is 2.40. The van der Waals surface area contributed by atoms with Gasteiger partial charge in [0.15, 0.2) is 4.80 Å². The van der Waals surface area contributed by atoms with Crippen LogP contribution in [0.4, 0.5) is 0 Å². The number of hydrogen-bond acceptors (Lipinski definition) is 8. The zero-order valence-electron chi connectivity index (χ0n) is 24.4. The van der Waals surface area contributed by atoms with Crippen molar-refractivity contribution in [2.75, 3.05) is 13.7 Å². The third kappa shape index (κ3) is 4.83. The second kappa shape index (κ2) is 11.5. The first-order chi connectivity index (χ1) is 21.2. The van der Waals surface area contributed by atoms with Crippen LogP contribution in [0.15, 0.2) is 92.2 Å². The Morgan fingerprint density at radius 2 is 1.86 bits per heavy atom. The van der Waals surface area contributed by atoms with Gasteiger partial charge in [0.2, 0.25) is 0 Å². The predicted molar refractivity (Wildman–Crippen MR) is 167 cm³/mol. The molecule has 0 saturated carbocycles. The normalized spacial score (nSPS) is 14.8. The number of ether oxygens (including phenoxy) is 2. The van der Waals surface area contributed by atoms with Gasteiger partial charge in [-0.15, -0.1) is 0 Å². The highest BCUT2D eigenvalue weighted by molar-refractivity contribution is 7.07. The average molecular weight is 609 g/mol. The van der Waals surface area contributed by atoms with Gasteiger partial charge in [0.1, 0.15) is 23.3 Å². The quantitative estimate of drug-likeness (QED) is 0.251. The number of rotatable bonds is 7. The molecule has 0 unspecified atom stereocenters. The molecular formula is C34H28N2O7S. The van der Waals surface area contributed by atoms with Crippen molar-refractivity contribution >= 4 is 40.1 Å². The SMILES string of the molecule is CCOC(=O)C1=C(C)N=c2s/c(=C\c3ccc(-c4cccc(C(=O)O)c4C)o3)c(=O)n2[C@@H]1c1c(OC)ccc2ccccc12. The van der Waals surface area contributed by atoms with Gasteiger partial charge in [0.25, 0.3) is 5.56 Å². The van der Waals surface area contributed by atoms with Gasteiger partial charge in [-0.2, -0.15) is 0 Å². The van der Waals surface area contributed by atoms with Crippen LogP contribution in [0.2, 0.25) is 0 Å². The summed E-state index contributed by atoms with van der Waals surface area (Å²) in [5, 5.41) is 11.3. The molecule has 222 valence electrons. The van der Waals surface area contributed by atoms with E-state index in [9.17, 15) is 19.5 Å². The summed E-state index contributed by atoms with van der Waals surface area (Å²) in [6.45, 7) is 5.35. The number of nitrogens with zero attached hydrogens (tertiary/aromatic N) is 2. The summed E-state index contributed by atoms with van der Waals surface area (Å²) in [7, 11) is 1.56. The molecule has 0 fully saturated rings. The van der Waals surface area contributed by atoms with E-state index in [1.807, 2.05) is 36.4 Å². The molecule has 1 aliphatic heterocycles. The number of allylic oxidation sites excluding steroid dienone is 1. The monoisotopic (exact) mass is 608 g/mol. The van der Waals surface area contributed by atoms with E-state index in [2.05, 4.69) is 4.99 Å². The van der Waals surface area contributed by atoms with Gasteiger partial charge >= 0.3 is 11.9 Å². The minimum absolute atomic E-state index is 0.162. The Labute approximate surface area is 255 Å². The number of carboxylic acids is 1. The van der Waals surface area contributed by atoms with Gasteiger partial charge in [0.05, 0.1) is 35.1 Å². The fraction of sp³-hybridized carbons (Fsp3) is 0.176. The van der Waals surface area contributed by atoms with E-state index >= 15 is 0 Å². The summed E-state index contributed by atoms with van der Waals surface area (Å²) in [5.41, 5.74) is 2.41. The van der Waals surface area contributed by atoms with Crippen molar-refractivity contribution in [3.8, 4) is 17.1 Å². The van der Waals surface area contributed by atoms with E-state index in [1.54, 1.807) is 64.3 Å². The van der Waals surface area contributed by atoms with Crippen LogP contribution >= 0.6 is 11.3 Å². The Morgan fingerprint density at radius 3 is 2.61 bits per heavy atom. The molecule has 6 rings (SSSR count). The average Bonchev–Trinajstić information content (AvgIpc) is 3.59. The highest BCUT2D eigenvalue weighted by atomic mass is 32.1. The molecule has 44 heavy (non-hydrogen) atoms. The number of carbonyl (C=O) groups is 2. The van der Waals surface area contributed by atoms with E-state index in [0.717, 1.165) is 10.8 Å². The molecular weight excluding hydrogens is 580 g/mol. The number of fused-ring (bicyclic) bond motifs is 2. The molecule has 1 aliphatic rings. The van der Waals surface area contributed by atoms with Crippen molar-refractivity contribution < 1.29 is 28.6 Å². The van der Waals surface area contributed by atoms with Crippen molar-refractivity contribution in [2.45, 2.75) is 26.8 Å². The van der Waals surface area contributed by atoms with Gasteiger partial charge in [-0.1, -0.05) is 53.8 Å². The van der Waals surface area contributed by atoms with Crippen LogP contribution in [-0.4, -0.2) is 35.3 Å². The van der Waals surface area contributed by atoms with Crippen LogP contribution in [-0.2, 0) is 9.53 Å². The Hall–Kier alpha value is -5.22. The largest absolute Gasteiger partial charge is 0.496 e. The van der Waals surface area contributed by atoms with E-state index in [1.165, 1.54) is 15.9 Å². The minimum atomic E-state index is -1.02. The highest BCUT2D eigenvalue weighted by Gasteiger charge is 2.36. The van der Waals surface area contributed by atoms with Gasteiger partial charge in [-0.25, -0.2) is 14.6 Å². The van der Waals surface area contributed by atoms with Crippen LogP contribution in [0.3, 0.4) is 0 Å². The number of hydrogen-bond donors (Lipinski definition) is 1. The van der Waals surface area contributed by atoms with Crippen molar-refractivity contribution in [2.24, 2.45) is 4.99 Å². The molecule has 9 nitrogen and oxygen atoms in total. The number of furan rings is 1. The lowest BCUT2D eigenvalue weighted by Gasteiger charge is -2.27. The maximum atomic E-state index is 14.2. The minimum Gasteiger partial charge on any atom is -0.496 e. The number of thiazole rings is 1. The van der Waals surface area contributed by atoms with Crippen LogP contribution in [0.1, 0.15) is 47.1 Å². The number of aromatic carboxylic acids is 1. The summed E-state index contributed by atoms with van der Waals surface area (Å²) in [6.07, 6.45) is 1.63. The third-order valence-corrected chi connectivity index (χ3v) is 8.65. The summed E-state index contributed by atoms with van der Waals surface area (Å²) in [4.78, 5) is 44.3. The van der Waals surface area contributed by atoms with Crippen LogP contribution < -0.4 is 19.6 Å². The first-order valence-electron chi connectivity index (χ1n) is 13.9. The molecule has 1 N–H and O–H groups in total. The zero-order chi connectivity index (χ0) is 31.1. The Kier molecular flexibility index (Phi) is 7.52. The Balaban J connectivity index is 1.55. The molecule has 0 amide bonds. The van der Waals surface area contributed by atoms with E-state index < -0.39 is 18.0 Å². The number of esters is 1. The maximum Gasteiger partial charge on any atom is 0.338 e. The molecule has 5 aromatic rings. The fourth-order valence-corrected chi connectivity index (χ4v) is 6.67. The van der Waals surface area contributed by atoms with Crippen molar-refractivity contribution in [1.82, 2.24) is 4.57 Å². The van der Waals surface area contributed by atoms with Crippen molar-refractivity contribution in [1.29, 1.82) is 0 Å². The summed E-state index contributed by atoms with van der Waals surface area (Å²) in [6, 6.07) is 19.1. The van der Waals surface area contributed by atoms with Crippen LogP contribution in [0, 0.1) is 6.92 Å². The van der Waals surface area contributed by atoms with E-state index in [-0.39, 0.29) is 23.3 Å². The molecule has 0 spiro atoms. The smallest absolute Gasteiger partial charge is 0.338 e. The molecule has 1 atom stereocenters. The Morgan fingerprint density at radius 1 is 1.07 bits per heavy atom. The summed E-state index contributed by atoms with van der Waals surface area (Å²) >= 11 is 1.18. The second-order valence-corrected chi connectivity index (χ2v) is 11.2. The molecule has 0 radical (unpaired) electrons. The van der Waals surface area contributed by atoms with Crippen LogP contribution in [0.25, 0.3) is 28.2 Å². The molecule has 0 saturated heterocycles. The summed E-state index contributed by atoms with van der Waals surface area (Å²) < 4.78 is 19.2. The van der Waals surface area contributed by atoms with Gasteiger partial charge < -0.3 is 19.0 Å². The number of methoxy groups -OCH3 is 1. The predicted octanol–water partition coefficient (Wildman–Crippen LogP) is 5.23. The van der Waals surface area contributed by atoms with Crippen LogP contribution in [0.5, 0.6) is 5.75 Å². The van der Waals surface area contributed by atoms with E-state index in [4.69, 9.17) is 13.9 Å². The molecule has 3 heterocycles. The number of carboxylic acid groups (broad SMARTS) is 1. The van der Waals surface area contributed by atoms with Gasteiger partial charge in [-0.05, 0) is 61.4 Å².